The normalized spacial score (nSPS) is 31.1. The largest absolute Gasteiger partial charge is 0.481 e. The maximum atomic E-state index is 10.8. The van der Waals surface area contributed by atoms with Gasteiger partial charge in [0, 0.05) is 20.2 Å². The Morgan fingerprint density at radius 3 is 2.59 bits per heavy atom. The number of ether oxygens (including phenoxy) is 1. The minimum Gasteiger partial charge on any atom is -0.481 e. The van der Waals surface area contributed by atoms with Crippen LogP contribution in [-0.4, -0.2) is 48.1 Å². The summed E-state index contributed by atoms with van der Waals surface area (Å²) in [6.07, 6.45) is 2.35. The van der Waals surface area contributed by atoms with Gasteiger partial charge < -0.3 is 20.3 Å². The van der Waals surface area contributed by atoms with Crippen molar-refractivity contribution < 1.29 is 19.7 Å². The molecule has 0 saturated heterocycles. The summed E-state index contributed by atoms with van der Waals surface area (Å²) < 4.78 is 5.10. The van der Waals surface area contributed by atoms with Crippen molar-refractivity contribution in [2.45, 2.75) is 44.3 Å². The molecule has 0 heterocycles. The maximum absolute atomic E-state index is 10.8. The molecule has 0 spiro atoms. The maximum Gasteiger partial charge on any atom is 0.306 e. The number of hydrogen-bond donors (Lipinski definition) is 3. The number of carboxylic acids is 1. The van der Waals surface area contributed by atoms with Crippen LogP contribution >= 0.6 is 0 Å². The fourth-order valence-corrected chi connectivity index (χ4v) is 2.17. The van der Waals surface area contributed by atoms with E-state index >= 15 is 0 Å². The minimum absolute atomic E-state index is 0.119. The molecule has 0 amide bonds. The van der Waals surface area contributed by atoms with Crippen LogP contribution in [0.4, 0.5) is 0 Å². The number of aliphatic carboxylic acids is 1. The number of aliphatic hydroxyl groups is 1. The average Bonchev–Trinajstić information content (AvgIpc) is 2.29. The van der Waals surface area contributed by atoms with Gasteiger partial charge in [-0.3, -0.25) is 4.79 Å². The molecule has 1 rings (SSSR count). The molecule has 1 unspecified atom stereocenters. The third kappa shape index (κ3) is 4.61. The zero-order valence-electron chi connectivity index (χ0n) is 10.6. The number of hydrogen-bond acceptors (Lipinski definition) is 4. The zero-order valence-corrected chi connectivity index (χ0v) is 10.6. The summed E-state index contributed by atoms with van der Waals surface area (Å²) in [7, 11) is 1.65. The van der Waals surface area contributed by atoms with Gasteiger partial charge in [-0.25, -0.2) is 0 Å². The van der Waals surface area contributed by atoms with Crippen LogP contribution in [0.1, 0.15) is 32.6 Å². The first kappa shape index (κ1) is 14.4. The molecule has 0 radical (unpaired) electrons. The van der Waals surface area contributed by atoms with Gasteiger partial charge in [0.15, 0.2) is 0 Å². The van der Waals surface area contributed by atoms with Crippen molar-refractivity contribution in [3.63, 3.8) is 0 Å². The van der Waals surface area contributed by atoms with Gasteiger partial charge >= 0.3 is 5.97 Å². The zero-order chi connectivity index (χ0) is 12.9. The smallest absolute Gasteiger partial charge is 0.306 e. The minimum atomic E-state index is -0.751. The lowest BCUT2D eigenvalue weighted by molar-refractivity contribution is -0.144. The Morgan fingerprint density at radius 2 is 2.12 bits per heavy atom. The van der Waals surface area contributed by atoms with E-state index in [1.54, 1.807) is 7.11 Å². The van der Waals surface area contributed by atoms with Crippen LogP contribution in [0.15, 0.2) is 0 Å². The standard InChI is InChI=1S/C12H23NO4/c1-9(17-2)7-13-8-12(16)5-3-10(4-6-12)11(14)15/h9-10,13,16H,3-8H2,1-2H3,(H,14,15). The Bertz CT molecular complexity index is 249. The molecule has 1 aliphatic carbocycles. The highest BCUT2D eigenvalue weighted by atomic mass is 16.5. The van der Waals surface area contributed by atoms with Gasteiger partial charge in [-0.1, -0.05) is 0 Å². The van der Waals surface area contributed by atoms with Gasteiger partial charge in [0.2, 0.25) is 0 Å². The van der Waals surface area contributed by atoms with Gasteiger partial charge in [0.1, 0.15) is 0 Å². The van der Waals surface area contributed by atoms with E-state index in [0.29, 0.717) is 38.8 Å². The van der Waals surface area contributed by atoms with Gasteiger partial charge in [-0.15, -0.1) is 0 Å². The molecule has 3 N–H and O–H groups in total. The van der Waals surface area contributed by atoms with E-state index in [9.17, 15) is 9.90 Å². The van der Waals surface area contributed by atoms with E-state index in [-0.39, 0.29) is 12.0 Å². The molecule has 0 aromatic heterocycles. The van der Waals surface area contributed by atoms with E-state index in [1.807, 2.05) is 6.92 Å². The van der Waals surface area contributed by atoms with Crippen LogP contribution in [0.3, 0.4) is 0 Å². The summed E-state index contributed by atoms with van der Waals surface area (Å²) in [6.45, 7) is 3.16. The third-order valence-electron chi connectivity index (χ3n) is 3.55. The predicted molar refractivity (Wildman–Crippen MR) is 63.9 cm³/mol. The van der Waals surface area contributed by atoms with Crippen molar-refractivity contribution in [3.05, 3.63) is 0 Å². The van der Waals surface area contributed by atoms with Crippen molar-refractivity contribution >= 4 is 5.97 Å². The molecular weight excluding hydrogens is 222 g/mol. The quantitative estimate of drug-likeness (QED) is 0.639. The molecule has 0 aliphatic heterocycles. The number of methoxy groups -OCH3 is 1. The summed E-state index contributed by atoms with van der Waals surface area (Å²) in [6, 6.07) is 0. The molecule has 17 heavy (non-hydrogen) atoms. The van der Waals surface area contributed by atoms with Crippen molar-refractivity contribution in [2.75, 3.05) is 20.2 Å². The molecule has 1 atom stereocenters. The fraction of sp³-hybridized carbons (Fsp3) is 0.917. The molecular formula is C12H23NO4. The monoisotopic (exact) mass is 245 g/mol. The molecule has 1 aliphatic rings. The molecule has 1 fully saturated rings. The van der Waals surface area contributed by atoms with Gasteiger partial charge in [-0.05, 0) is 32.6 Å². The molecule has 5 nitrogen and oxygen atoms in total. The SMILES string of the molecule is COC(C)CNCC1(O)CCC(C(=O)O)CC1. The summed E-state index contributed by atoms with van der Waals surface area (Å²) in [5.74, 6) is -1.03. The lowest BCUT2D eigenvalue weighted by Crippen LogP contribution is -2.45. The van der Waals surface area contributed by atoms with E-state index < -0.39 is 11.6 Å². The van der Waals surface area contributed by atoms with Crippen LogP contribution in [0, 0.1) is 5.92 Å². The first-order valence-corrected chi connectivity index (χ1v) is 6.15. The second kappa shape index (κ2) is 6.33. The lowest BCUT2D eigenvalue weighted by atomic mass is 9.79. The lowest BCUT2D eigenvalue weighted by Gasteiger charge is -2.35. The number of nitrogens with one attached hydrogen (secondary N) is 1. The van der Waals surface area contributed by atoms with Crippen LogP contribution in [0.25, 0.3) is 0 Å². The summed E-state index contributed by atoms with van der Waals surface area (Å²) in [5, 5.41) is 22.3. The van der Waals surface area contributed by atoms with E-state index in [0.717, 1.165) is 0 Å². The fourth-order valence-electron chi connectivity index (χ4n) is 2.17. The first-order valence-electron chi connectivity index (χ1n) is 6.15. The topological polar surface area (TPSA) is 78.8 Å². The van der Waals surface area contributed by atoms with Gasteiger partial charge in [-0.2, -0.15) is 0 Å². The van der Waals surface area contributed by atoms with Gasteiger partial charge in [0.25, 0.3) is 0 Å². The van der Waals surface area contributed by atoms with E-state index in [4.69, 9.17) is 9.84 Å². The second-order valence-electron chi connectivity index (χ2n) is 5.01. The molecule has 100 valence electrons. The molecule has 5 heteroatoms. The summed E-state index contributed by atoms with van der Waals surface area (Å²) in [4.78, 5) is 10.8. The van der Waals surface area contributed by atoms with Crippen LogP contribution in [0.5, 0.6) is 0 Å². The Labute approximate surface area is 102 Å². The van der Waals surface area contributed by atoms with Crippen molar-refractivity contribution in [1.29, 1.82) is 0 Å². The van der Waals surface area contributed by atoms with Crippen LogP contribution in [-0.2, 0) is 9.53 Å². The number of carboxylic acid groups (broad SMARTS) is 1. The Balaban J connectivity index is 2.27. The van der Waals surface area contributed by atoms with E-state index in [1.165, 1.54) is 0 Å². The van der Waals surface area contributed by atoms with Gasteiger partial charge in [0.05, 0.1) is 17.6 Å². The highest BCUT2D eigenvalue weighted by molar-refractivity contribution is 5.70. The molecule has 1 saturated carbocycles. The average molecular weight is 245 g/mol. The molecule has 0 aromatic rings. The van der Waals surface area contributed by atoms with Crippen molar-refractivity contribution in [1.82, 2.24) is 5.32 Å². The summed E-state index contributed by atoms with van der Waals surface area (Å²) in [5.41, 5.74) is -0.751. The van der Waals surface area contributed by atoms with Crippen LogP contribution in [0.2, 0.25) is 0 Å². The second-order valence-corrected chi connectivity index (χ2v) is 5.01. The highest BCUT2D eigenvalue weighted by Crippen LogP contribution is 2.31. The Hall–Kier alpha value is -0.650. The predicted octanol–water partition coefficient (Wildman–Crippen LogP) is 0.617. The Morgan fingerprint density at radius 1 is 1.53 bits per heavy atom. The highest BCUT2D eigenvalue weighted by Gasteiger charge is 2.35. The molecule has 0 aromatic carbocycles. The van der Waals surface area contributed by atoms with E-state index in [2.05, 4.69) is 5.32 Å². The Kier molecular flexibility index (Phi) is 5.36. The first-order chi connectivity index (χ1) is 7.97. The summed E-state index contributed by atoms with van der Waals surface area (Å²) >= 11 is 0. The number of rotatable bonds is 6. The van der Waals surface area contributed by atoms with Crippen molar-refractivity contribution in [3.8, 4) is 0 Å². The van der Waals surface area contributed by atoms with Crippen molar-refractivity contribution in [2.24, 2.45) is 5.92 Å². The third-order valence-corrected chi connectivity index (χ3v) is 3.55. The van der Waals surface area contributed by atoms with Crippen LogP contribution < -0.4 is 5.32 Å². The molecule has 0 bridgehead atoms. The number of carbonyl (C=O) groups is 1.